The number of nitrogens with zero attached hydrogens (tertiary/aromatic N) is 1. The normalized spacial score (nSPS) is 34.5. The van der Waals surface area contributed by atoms with Gasteiger partial charge in [-0.05, 0) is 21.0 Å². The van der Waals surface area contributed by atoms with Crippen LogP contribution in [0.4, 0.5) is 8.78 Å². The molecule has 0 N–H and O–H groups in total. The highest BCUT2D eigenvalue weighted by atomic mass is 19.3. The molecule has 2 atom stereocenters. The molecule has 0 aliphatic carbocycles. The Morgan fingerprint density at radius 1 is 1.50 bits per heavy atom. The first-order valence-electron chi connectivity index (χ1n) is 4.10. The Morgan fingerprint density at radius 3 is 2.42 bits per heavy atom. The molecule has 1 fully saturated rings. The average Bonchev–Trinajstić information content (AvgIpc) is 2.04. The second-order valence-electron chi connectivity index (χ2n) is 3.63. The summed E-state index contributed by atoms with van der Waals surface area (Å²) >= 11 is 0. The fraction of sp³-hybridized carbons (Fsp3) is 1.00. The van der Waals surface area contributed by atoms with Crippen molar-refractivity contribution in [3.63, 3.8) is 0 Å². The van der Waals surface area contributed by atoms with Gasteiger partial charge in [-0.25, -0.2) is 8.78 Å². The minimum Gasteiger partial charge on any atom is -0.367 e. The van der Waals surface area contributed by atoms with E-state index in [1.54, 1.807) is 0 Å². The maximum atomic E-state index is 12.9. The quantitative estimate of drug-likeness (QED) is 0.634. The van der Waals surface area contributed by atoms with Crippen LogP contribution >= 0.6 is 0 Å². The number of hydrogen-bond donors (Lipinski definition) is 0. The van der Waals surface area contributed by atoms with Crippen molar-refractivity contribution in [2.45, 2.75) is 31.5 Å². The maximum absolute atomic E-state index is 12.9. The molecule has 0 spiro atoms. The van der Waals surface area contributed by atoms with Crippen molar-refractivity contribution in [2.75, 3.05) is 20.6 Å². The van der Waals surface area contributed by atoms with E-state index in [0.717, 1.165) is 0 Å². The number of rotatable bonds is 2. The Kier molecular flexibility index (Phi) is 2.68. The fourth-order valence-corrected chi connectivity index (χ4v) is 1.42. The van der Waals surface area contributed by atoms with E-state index in [1.807, 2.05) is 19.0 Å². The minimum atomic E-state index is -2.64. The molecule has 72 valence electrons. The smallest absolute Gasteiger partial charge is 0.275 e. The molecule has 0 amide bonds. The van der Waals surface area contributed by atoms with Crippen molar-refractivity contribution in [1.29, 1.82) is 0 Å². The molecule has 1 saturated heterocycles. The predicted octanol–water partition coefficient (Wildman–Crippen LogP) is 1.36. The van der Waals surface area contributed by atoms with Gasteiger partial charge in [0, 0.05) is 13.0 Å². The van der Waals surface area contributed by atoms with Gasteiger partial charge in [0.05, 0.1) is 6.10 Å². The lowest BCUT2D eigenvalue weighted by atomic mass is 10.1. The van der Waals surface area contributed by atoms with Crippen molar-refractivity contribution in [3.05, 3.63) is 0 Å². The number of likely N-dealkylation sites (N-methyl/N-ethyl adjacent to an activating group) is 1. The van der Waals surface area contributed by atoms with E-state index in [-0.39, 0.29) is 12.5 Å². The third-order valence-corrected chi connectivity index (χ3v) is 2.06. The molecule has 1 rings (SSSR count). The average molecular weight is 179 g/mol. The summed E-state index contributed by atoms with van der Waals surface area (Å²) in [5, 5.41) is 0. The largest absolute Gasteiger partial charge is 0.367 e. The highest BCUT2D eigenvalue weighted by molar-refractivity contribution is 4.87. The Morgan fingerprint density at radius 2 is 2.08 bits per heavy atom. The summed E-state index contributed by atoms with van der Waals surface area (Å²) in [5.41, 5.74) is 0. The number of ether oxygens (including phenoxy) is 1. The van der Waals surface area contributed by atoms with Crippen molar-refractivity contribution in [2.24, 2.45) is 0 Å². The third kappa shape index (κ3) is 2.14. The number of hydrogen-bond acceptors (Lipinski definition) is 2. The monoisotopic (exact) mass is 179 g/mol. The lowest BCUT2D eigenvalue weighted by molar-refractivity contribution is -0.0655. The molecule has 2 nitrogen and oxygen atoms in total. The van der Waals surface area contributed by atoms with Crippen LogP contribution < -0.4 is 0 Å². The Hall–Kier alpha value is -0.220. The van der Waals surface area contributed by atoms with Gasteiger partial charge in [0.15, 0.2) is 0 Å². The highest BCUT2D eigenvalue weighted by Gasteiger charge is 2.47. The molecule has 0 aromatic rings. The Balaban J connectivity index is 2.44. The van der Waals surface area contributed by atoms with Gasteiger partial charge in [-0.15, -0.1) is 0 Å². The first-order chi connectivity index (χ1) is 5.42. The Bertz CT molecular complexity index is 161. The van der Waals surface area contributed by atoms with E-state index < -0.39 is 12.0 Å². The summed E-state index contributed by atoms with van der Waals surface area (Å²) < 4.78 is 30.9. The third-order valence-electron chi connectivity index (χ3n) is 2.06. The summed E-state index contributed by atoms with van der Waals surface area (Å²) in [5.74, 6) is -2.64. The van der Waals surface area contributed by atoms with Crippen LogP contribution in [0.2, 0.25) is 0 Å². The molecule has 1 aliphatic heterocycles. The molecular formula is C8H15F2NO. The van der Waals surface area contributed by atoms with Crippen LogP contribution in [0.5, 0.6) is 0 Å². The fourth-order valence-electron chi connectivity index (χ4n) is 1.42. The molecule has 0 saturated carbocycles. The van der Waals surface area contributed by atoms with Crippen LogP contribution in [-0.4, -0.2) is 43.7 Å². The number of halogens is 2. The zero-order valence-corrected chi connectivity index (χ0v) is 7.68. The molecule has 1 aliphatic rings. The molecule has 0 bridgehead atoms. The summed E-state index contributed by atoms with van der Waals surface area (Å²) in [6, 6.07) is 0. The first-order valence-corrected chi connectivity index (χ1v) is 4.10. The molecule has 4 heteroatoms. The predicted molar refractivity (Wildman–Crippen MR) is 42.5 cm³/mol. The van der Waals surface area contributed by atoms with Gasteiger partial charge in [0.1, 0.15) is 6.10 Å². The van der Waals surface area contributed by atoms with E-state index in [9.17, 15) is 8.78 Å². The lowest BCUT2D eigenvalue weighted by Crippen LogP contribution is -2.26. The molecule has 1 heterocycles. The van der Waals surface area contributed by atoms with Crippen LogP contribution in [-0.2, 0) is 4.74 Å². The van der Waals surface area contributed by atoms with E-state index in [4.69, 9.17) is 4.74 Å². The Labute approximate surface area is 71.5 Å². The van der Waals surface area contributed by atoms with Gasteiger partial charge in [-0.3, -0.25) is 0 Å². The minimum absolute atomic E-state index is 0.146. The first kappa shape index (κ1) is 9.86. The molecule has 0 aromatic heterocycles. The van der Waals surface area contributed by atoms with Crippen molar-refractivity contribution < 1.29 is 13.5 Å². The van der Waals surface area contributed by atoms with Crippen LogP contribution in [0.3, 0.4) is 0 Å². The van der Waals surface area contributed by atoms with Gasteiger partial charge in [-0.1, -0.05) is 0 Å². The zero-order chi connectivity index (χ0) is 9.35. The molecular weight excluding hydrogens is 164 g/mol. The summed E-state index contributed by atoms with van der Waals surface area (Å²) in [6.07, 6.45) is -1.39. The van der Waals surface area contributed by atoms with Crippen LogP contribution in [0, 0.1) is 0 Å². The zero-order valence-electron chi connectivity index (χ0n) is 7.68. The summed E-state index contributed by atoms with van der Waals surface area (Å²) in [6.45, 7) is 2.00. The SMILES string of the molecule is C[C@H]1O[C@@H](CN(C)C)CC1(F)F. The van der Waals surface area contributed by atoms with Crippen molar-refractivity contribution in [1.82, 2.24) is 4.90 Å². The van der Waals surface area contributed by atoms with Crippen molar-refractivity contribution in [3.8, 4) is 0 Å². The van der Waals surface area contributed by atoms with Gasteiger partial charge in [-0.2, -0.15) is 0 Å². The van der Waals surface area contributed by atoms with Gasteiger partial charge in [0.2, 0.25) is 0 Å². The van der Waals surface area contributed by atoms with E-state index in [0.29, 0.717) is 6.54 Å². The second kappa shape index (κ2) is 3.26. The molecule has 12 heavy (non-hydrogen) atoms. The lowest BCUT2D eigenvalue weighted by Gasteiger charge is -2.14. The van der Waals surface area contributed by atoms with E-state index in [2.05, 4.69) is 0 Å². The van der Waals surface area contributed by atoms with Crippen LogP contribution in [0.15, 0.2) is 0 Å². The number of alkyl halides is 2. The van der Waals surface area contributed by atoms with Gasteiger partial charge < -0.3 is 9.64 Å². The van der Waals surface area contributed by atoms with E-state index in [1.165, 1.54) is 6.92 Å². The van der Waals surface area contributed by atoms with Crippen molar-refractivity contribution >= 4 is 0 Å². The maximum Gasteiger partial charge on any atom is 0.275 e. The van der Waals surface area contributed by atoms with Gasteiger partial charge >= 0.3 is 0 Å². The van der Waals surface area contributed by atoms with Crippen LogP contribution in [0.25, 0.3) is 0 Å². The van der Waals surface area contributed by atoms with E-state index >= 15 is 0 Å². The highest BCUT2D eigenvalue weighted by Crippen LogP contribution is 2.35. The summed E-state index contributed by atoms with van der Waals surface area (Å²) in [4.78, 5) is 1.86. The molecule has 0 aromatic carbocycles. The standard InChI is InChI=1S/C8H15F2NO/c1-6-8(9,10)4-7(12-6)5-11(2)3/h6-7H,4-5H2,1-3H3/t6-,7-/m1/s1. The van der Waals surface area contributed by atoms with Crippen LogP contribution in [0.1, 0.15) is 13.3 Å². The summed E-state index contributed by atoms with van der Waals surface area (Å²) in [7, 11) is 3.70. The molecule has 0 radical (unpaired) electrons. The topological polar surface area (TPSA) is 12.5 Å². The molecule has 0 unspecified atom stereocenters. The van der Waals surface area contributed by atoms with Gasteiger partial charge in [0.25, 0.3) is 5.92 Å². The second-order valence-corrected chi connectivity index (χ2v) is 3.63.